The number of methoxy groups -OCH3 is 3. The molecular formula is C23H28N4O5. The minimum Gasteiger partial charge on any atom is -0.493 e. The van der Waals surface area contributed by atoms with E-state index in [2.05, 4.69) is 10.1 Å². The summed E-state index contributed by atoms with van der Waals surface area (Å²) in [5.74, 6) is 1.71. The number of rotatable bonds is 7. The highest BCUT2D eigenvalue weighted by atomic mass is 16.5. The fourth-order valence-electron chi connectivity index (χ4n) is 4.21. The van der Waals surface area contributed by atoms with Crippen molar-refractivity contribution >= 4 is 11.6 Å². The first kappa shape index (κ1) is 21.7. The van der Waals surface area contributed by atoms with E-state index in [0.717, 1.165) is 23.4 Å². The van der Waals surface area contributed by atoms with Crippen molar-refractivity contribution < 1.29 is 19.0 Å². The molecular weight excluding hydrogens is 412 g/mol. The fraction of sp³-hybridized carbons (Fsp3) is 0.435. The van der Waals surface area contributed by atoms with E-state index in [1.807, 2.05) is 17.9 Å². The number of nitrogens with zero attached hydrogens (tertiary/aromatic N) is 3. The maximum atomic E-state index is 13.0. The largest absolute Gasteiger partial charge is 0.493 e. The van der Waals surface area contributed by atoms with Gasteiger partial charge in [-0.05, 0) is 30.5 Å². The lowest BCUT2D eigenvalue weighted by molar-refractivity contribution is -0.129. The van der Waals surface area contributed by atoms with Gasteiger partial charge >= 0.3 is 0 Å². The van der Waals surface area contributed by atoms with E-state index in [1.54, 1.807) is 39.5 Å². The van der Waals surface area contributed by atoms with Crippen molar-refractivity contribution in [2.75, 3.05) is 34.4 Å². The third kappa shape index (κ3) is 4.02. The number of ether oxygens (including phenoxy) is 3. The van der Waals surface area contributed by atoms with E-state index in [9.17, 15) is 9.59 Å². The molecule has 1 saturated heterocycles. The average Bonchev–Trinajstić information content (AvgIpc) is 3.45. The van der Waals surface area contributed by atoms with E-state index in [4.69, 9.17) is 14.2 Å². The maximum Gasteiger partial charge on any atom is 0.272 e. The first-order valence-electron chi connectivity index (χ1n) is 10.7. The number of carbonyl (C=O) groups is 1. The summed E-state index contributed by atoms with van der Waals surface area (Å²) in [5, 5.41) is 3.17. The molecule has 0 aliphatic carbocycles. The molecule has 170 valence electrons. The summed E-state index contributed by atoms with van der Waals surface area (Å²) in [4.78, 5) is 31.7. The Bertz CT molecular complexity index is 1170. The lowest BCUT2D eigenvalue weighted by Gasteiger charge is -2.18. The van der Waals surface area contributed by atoms with E-state index in [0.29, 0.717) is 42.4 Å². The average molecular weight is 441 g/mol. The highest BCUT2D eigenvalue weighted by Crippen LogP contribution is 2.38. The predicted octanol–water partition coefficient (Wildman–Crippen LogP) is 2.17. The van der Waals surface area contributed by atoms with Gasteiger partial charge in [0.05, 0.1) is 27.8 Å². The van der Waals surface area contributed by atoms with E-state index in [1.165, 1.54) is 4.52 Å². The standard InChI is InChI=1S/C23H28N4O5/c1-5-16-11-22(29)27-20(24-16)12-17(25-27)15-6-7-26(13-15)21(28)10-14-8-18(30-2)23(32-4)19(9-14)31-3/h8-9,11-12,15,25H,5-7,10,13H2,1-4H3/t15-/m0/s1. The molecule has 0 unspecified atom stereocenters. The molecule has 2 aromatic heterocycles. The van der Waals surface area contributed by atoms with Crippen LogP contribution in [0.3, 0.4) is 0 Å². The lowest BCUT2D eigenvalue weighted by Crippen LogP contribution is -2.30. The van der Waals surface area contributed by atoms with Crippen LogP contribution in [0.1, 0.15) is 36.2 Å². The molecule has 1 fully saturated rings. The number of likely N-dealkylation sites (tertiary alicyclic amines) is 1. The highest BCUT2D eigenvalue weighted by Gasteiger charge is 2.29. The number of hydrogen-bond donors (Lipinski definition) is 1. The number of nitrogens with one attached hydrogen (secondary N) is 1. The van der Waals surface area contributed by atoms with Gasteiger partial charge in [-0.15, -0.1) is 0 Å². The first-order chi connectivity index (χ1) is 15.5. The zero-order chi connectivity index (χ0) is 22.8. The molecule has 1 aromatic carbocycles. The molecule has 9 heteroatoms. The molecule has 1 amide bonds. The zero-order valence-corrected chi connectivity index (χ0v) is 18.8. The van der Waals surface area contributed by atoms with Crippen molar-refractivity contribution in [2.45, 2.75) is 32.1 Å². The molecule has 3 aromatic rings. The second kappa shape index (κ2) is 8.94. The molecule has 32 heavy (non-hydrogen) atoms. The van der Waals surface area contributed by atoms with Gasteiger partial charge in [-0.2, -0.15) is 0 Å². The second-order valence-electron chi connectivity index (χ2n) is 7.88. The Labute approximate surface area is 185 Å². The zero-order valence-electron chi connectivity index (χ0n) is 18.8. The number of carbonyl (C=O) groups excluding carboxylic acids is 1. The number of aromatic nitrogens is 3. The number of H-pyrrole nitrogens is 1. The normalized spacial score (nSPS) is 15.9. The van der Waals surface area contributed by atoms with Crippen LogP contribution in [0.2, 0.25) is 0 Å². The lowest BCUT2D eigenvalue weighted by atomic mass is 10.1. The van der Waals surface area contributed by atoms with Crippen LogP contribution in [0.25, 0.3) is 5.65 Å². The Morgan fingerprint density at radius 1 is 1.12 bits per heavy atom. The summed E-state index contributed by atoms with van der Waals surface area (Å²) < 4.78 is 17.6. The van der Waals surface area contributed by atoms with E-state index in [-0.39, 0.29) is 23.8 Å². The van der Waals surface area contributed by atoms with Gasteiger partial charge in [0.25, 0.3) is 5.56 Å². The van der Waals surface area contributed by atoms with Crippen molar-refractivity contribution in [3.05, 3.63) is 51.6 Å². The van der Waals surface area contributed by atoms with Gasteiger partial charge in [0.1, 0.15) is 0 Å². The van der Waals surface area contributed by atoms with Crippen LogP contribution in [0.5, 0.6) is 17.2 Å². The van der Waals surface area contributed by atoms with Gasteiger partial charge in [-0.1, -0.05) is 6.92 Å². The van der Waals surface area contributed by atoms with Crippen LogP contribution in [-0.2, 0) is 17.6 Å². The summed E-state index contributed by atoms with van der Waals surface area (Å²) in [7, 11) is 4.65. The fourth-order valence-corrected chi connectivity index (χ4v) is 4.21. The smallest absolute Gasteiger partial charge is 0.272 e. The molecule has 0 bridgehead atoms. The predicted molar refractivity (Wildman–Crippen MR) is 119 cm³/mol. The van der Waals surface area contributed by atoms with Gasteiger partial charge in [0, 0.05) is 42.5 Å². The molecule has 1 aliphatic rings. The first-order valence-corrected chi connectivity index (χ1v) is 10.7. The van der Waals surface area contributed by atoms with Crippen LogP contribution in [0, 0.1) is 0 Å². The molecule has 9 nitrogen and oxygen atoms in total. The highest BCUT2D eigenvalue weighted by molar-refractivity contribution is 5.79. The Kier molecular flexibility index (Phi) is 6.07. The molecule has 0 saturated carbocycles. The van der Waals surface area contributed by atoms with Crippen LogP contribution >= 0.6 is 0 Å². The van der Waals surface area contributed by atoms with Gasteiger partial charge in [0.15, 0.2) is 17.1 Å². The van der Waals surface area contributed by atoms with Gasteiger partial charge < -0.3 is 19.1 Å². The van der Waals surface area contributed by atoms with Crippen LogP contribution in [0.4, 0.5) is 0 Å². The summed E-state index contributed by atoms with van der Waals surface area (Å²) in [6.45, 7) is 3.22. The molecule has 1 N–H and O–H groups in total. The number of aryl methyl sites for hydroxylation is 1. The van der Waals surface area contributed by atoms with Gasteiger partial charge in [0.2, 0.25) is 11.7 Å². The number of hydrogen-bond acceptors (Lipinski definition) is 6. The topological polar surface area (TPSA) is 98.2 Å². The number of fused-ring (bicyclic) bond motifs is 1. The van der Waals surface area contributed by atoms with Crippen molar-refractivity contribution in [2.24, 2.45) is 0 Å². The van der Waals surface area contributed by atoms with E-state index < -0.39 is 0 Å². The third-order valence-corrected chi connectivity index (χ3v) is 5.95. The van der Waals surface area contributed by atoms with Crippen molar-refractivity contribution in [1.82, 2.24) is 19.5 Å². The Morgan fingerprint density at radius 3 is 2.47 bits per heavy atom. The number of aromatic amines is 1. The van der Waals surface area contributed by atoms with Gasteiger partial charge in [-0.3, -0.25) is 14.7 Å². The van der Waals surface area contributed by atoms with Gasteiger partial charge in [-0.25, -0.2) is 9.50 Å². The SMILES string of the molecule is CCc1cc(=O)n2[nH]c([C@H]3CCN(C(=O)Cc4cc(OC)c(OC)c(OC)c4)C3)cc2n1. The summed E-state index contributed by atoms with van der Waals surface area (Å²) in [6, 6.07) is 7.06. The second-order valence-corrected chi connectivity index (χ2v) is 7.88. The quantitative estimate of drug-likeness (QED) is 0.605. The molecule has 1 atom stereocenters. The summed E-state index contributed by atoms with van der Waals surface area (Å²) >= 11 is 0. The molecule has 0 radical (unpaired) electrons. The molecule has 1 aliphatic heterocycles. The van der Waals surface area contributed by atoms with Crippen molar-refractivity contribution in [1.29, 1.82) is 0 Å². The van der Waals surface area contributed by atoms with Crippen molar-refractivity contribution in [3.8, 4) is 17.2 Å². The molecule has 4 rings (SSSR count). The third-order valence-electron chi connectivity index (χ3n) is 5.95. The number of benzene rings is 1. The number of amides is 1. The van der Waals surface area contributed by atoms with Crippen LogP contribution in [-0.4, -0.2) is 59.8 Å². The van der Waals surface area contributed by atoms with Crippen LogP contribution < -0.4 is 19.8 Å². The minimum atomic E-state index is -0.119. The Hall–Kier alpha value is -3.49. The van der Waals surface area contributed by atoms with Crippen LogP contribution in [0.15, 0.2) is 29.1 Å². The summed E-state index contributed by atoms with van der Waals surface area (Å²) in [5.41, 5.74) is 2.99. The minimum absolute atomic E-state index is 0.0291. The molecule has 3 heterocycles. The summed E-state index contributed by atoms with van der Waals surface area (Å²) in [6.07, 6.45) is 1.76. The molecule has 0 spiro atoms. The monoisotopic (exact) mass is 440 g/mol. The van der Waals surface area contributed by atoms with E-state index >= 15 is 0 Å². The Morgan fingerprint density at radius 2 is 1.84 bits per heavy atom. The Balaban J connectivity index is 1.49. The maximum absolute atomic E-state index is 13.0. The van der Waals surface area contributed by atoms with Crippen molar-refractivity contribution in [3.63, 3.8) is 0 Å².